The van der Waals surface area contributed by atoms with E-state index < -0.39 is 18.6 Å². The van der Waals surface area contributed by atoms with Crippen molar-refractivity contribution in [1.82, 2.24) is 10.2 Å². The molecule has 0 spiro atoms. The number of halogens is 3. The summed E-state index contributed by atoms with van der Waals surface area (Å²) in [6, 6.07) is 17.0. The maximum Gasteiger partial charge on any atom is 0.390 e. The van der Waals surface area contributed by atoms with E-state index in [0.29, 0.717) is 13.1 Å². The number of nitrogens with zero attached hydrogens (tertiary/aromatic N) is 1. The van der Waals surface area contributed by atoms with Gasteiger partial charge in [0.2, 0.25) is 0 Å². The van der Waals surface area contributed by atoms with Crippen LogP contribution in [0, 0.1) is 0 Å². The molecule has 1 aliphatic heterocycles. The SMILES string of the molecule is FC(F)(F)C[C@@H](c1cc2ccccc2c2ccccc12)N1CCNCC1. The standard InChI is InChI=1S/C21H21F3N2/c22-21(23,24)14-20(26-11-9-25-10-12-26)19-13-15-5-1-2-6-16(15)17-7-3-4-8-18(17)19/h1-8,13,20,25H,9-12,14H2/t20-/m0/s1. The molecule has 26 heavy (non-hydrogen) atoms. The highest BCUT2D eigenvalue weighted by Crippen LogP contribution is 2.39. The lowest BCUT2D eigenvalue weighted by Crippen LogP contribution is -2.46. The molecular weight excluding hydrogens is 337 g/mol. The van der Waals surface area contributed by atoms with Crippen molar-refractivity contribution in [3.05, 3.63) is 60.2 Å². The van der Waals surface area contributed by atoms with Crippen LogP contribution in [-0.2, 0) is 0 Å². The minimum atomic E-state index is -4.21. The van der Waals surface area contributed by atoms with Gasteiger partial charge in [0.05, 0.1) is 6.42 Å². The van der Waals surface area contributed by atoms with Gasteiger partial charge in [0.1, 0.15) is 0 Å². The average Bonchev–Trinajstić information content (AvgIpc) is 2.66. The molecule has 1 N–H and O–H groups in total. The zero-order valence-corrected chi connectivity index (χ0v) is 14.4. The second-order valence-corrected chi connectivity index (χ2v) is 6.85. The Balaban J connectivity index is 1.92. The van der Waals surface area contributed by atoms with Crippen LogP contribution < -0.4 is 5.32 Å². The van der Waals surface area contributed by atoms with E-state index in [4.69, 9.17) is 0 Å². The summed E-state index contributed by atoms with van der Waals surface area (Å²) in [6.45, 7) is 2.70. The zero-order valence-electron chi connectivity index (χ0n) is 14.4. The molecule has 136 valence electrons. The Morgan fingerprint density at radius 1 is 0.885 bits per heavy atom. The van der Waals surface area contributed by atoms with Gasteiger partial charge >= 0.3 is 6.18 Å². The highest BCUT2D eigenvalue weighted by Gasteiger charge is 2.36. The second kappa shape index (κ2) is 6.89. The Hall–Kier alpha value is -2.11. The van der Waals surface area contributed by atoms with Crippen LogP contribution >= 0.6 is 0 Å². The number of hydrogen-bond donors (Lipinski definition) is 1. The van der Waals surface area contributed by atoms with Gasteiger partial charge in [-0.3, -0.25) is 4.90 Å². The second-order valence-electron chi connectivity index (χ2n) is 6.85. The molecule has 5 heteroatoms. The van der Waals surface area contributed by atoms with E-state index in [1.165, 1.54) is 0 Å². The Bertz CT molecular complexity index is 914. The number of piperazine rings is 1. The van der Waals surface area contributed by atoms with Crippen molar-refractivity contribution in [3.63, 3.8) is 0 Å². The summed E-state index contributed by atoms with van der Waals surface area (Å²) in [5, 5.41) is 7.23. The van der Waals surface area contributed by atoms with Crippen molar-refractivity contribution in [2.75, 3.05) is 26.2 Å². The van der Waals surface area contributed by atoms with E-state index in [1.54, 1.807) is 0 Å². The molecule has 0 aliphatic carbocycles. The number of benzene rings is 3. The molecule has 0 unspecified atom stereocenters. The number of fused-ring (bicyclic) bond motifs is 3. The molecule has 4 rings (SSSR count). The van der Waals surface area contributed by atoms with E-state index in [9.17, 15) is 13.2 Å². The van der Waals surface area contributed by atoms with E-state index in [0.717, 1.165) is 40.2 Å². The summed E-state index contributed by atoms with van der Waals surface area (Å²) in [6.07, 6.45) is -5.03. The maximum absolute atomic E-state index is 13.4. The summed E-state index contributed by atoms with van der Waals surface area (Å²) in [5.41, 5.74) is 0.776. The number of alkyl halides is 3. The third kappa shape index (κ3) is 3.41. The van der Waals surface area contributed by atoms with Gasteiger partial charge < -0.3 is 5.32 Å². The van der Waals surface area contributed by atoms with E-state index in [1.807, 2.05) is 59.5 Å². The lowest BCUT2D eigenvalue weighted by molar-refractivity contribution is -0.148. The minimum absolute atomic E-state index is 0.627. The minimum Gasteiger partial charge on any atom is -0.314 e. The van der Waals surface area contributed by atoms with Crippen molar-refractivity contribution < 1.29 is 13.2 Å². The molecule has 0 bridgehead atoms. The normalized spacial score (nSPS) is 17.7. The van der Waals surface area contributed by atoms with Crippen molar-refractivity contribution >= 4 is 21.5 Å². The quantitative estimate of drug-likeness (QED) is 0.671. The van der Waals surface area contributed by atoms with Gasteiger partial charge in [-0.1, -0.05) is 48.5 Å². The molecule has 1 heterocycles. The fraction of sp³-hybridized carbons (Fsp3) is 0.333. The molecule has 2 nitrogen and oxygen atoms in total. The van der Waals surface area contributed by atoms with Crippen LogP contribution in [0.1, 0.15) is 18.0 Å². The van der Waals surface area contributed by atoms with Gasteiger partial charge in [-0.25, -0.2) is 0 Å². The van der Waals surface area contributed by atoms with Crippen LogP contribution in [0.4, 0.5) is 13.2 Å². The molecule has 0 amide bonds. The Morgan fingerprint density at radius 3 is 2.19 bits per heavy atom. The van der Waals surface area contributed by atoms with Crippen LogP contribution in [-0.4, -0.2) is 37.3 Å². The van der Waals surface area contributed by atoms with Crippen LogP contribution in [0.3, 0.4) is 0 Å². The van der Waals surface area contributed by atoms with E-state index >= 15 is 0 Å². The maximum atomic E-state index is 13.4. The summed E-state index contributed by atoms with van der Waals surface area (Å²) >= 11 is 0. The lowest BCUT2D eigenvalue weighted by atomic mass is 9.91. The first-order chi connectivity index (χ1) is 12.5. The number of rotatable bonds is 3. The highest BCUT2D eigenvalue weighted by molar-refractivity contribution is 6.09. The summed E-state index contributed by atoms with van der Waals surface area (Å²) in [7, 11) is 0. The summed E-state index contributed by atoms with van der Waals surface area (Å²) in [4.78, 5) is 1.97. The zero-order chi connectivity index (χ0) is 18.1. The van der Waals surface area contributed by atoms with Crippen molar-refractivity contribution in [3.8, 4) is 0 Å². The predicted molar refractivity (Wildman–Crippen MR) is 99.3 cm³/mol. The smallest absolute Gasteiger partial charge is 0.314 e. The van der Waals surface area contributed by atoms with Crippen LogP contribution in [0.2, 0.25) is 0 Å². The Kier molecular flexibility index (Phi) is 4.59. The Labute approximate surface area is 150 Å². The van der Waals surface area contributed by atoms with Crippen molar-refractivity contribution in [2.45, 2.75) is 18.6 Å². The highest BCUT2D eigenvalue weighted by atomic mass is 19.4. The largest absolute Gasteiger partial charge is 0.390 e. The van der Waals surface area contributed by atoms with E-state index in [-0.39, 0.29) is 0 Å². The summed E-state index contributed by atoms with van der Waals surface area (Å²) in [5.74, 6) is 0. The number of hydrogen-bond acceptors (Lipinski definition) is 2. The molecule has 0 saturated carbocycles. The lowest BCUT2D eigenvalue weighted by Gasteiger charge is -2.36. The molecule has 0 radical (unpaired) electrons. The van der Waals surface area contributed by atoms with Gasteiger partial charge in [-0.2, -0.15) is 13.2 Å². The first-order valence-electron chi connectivity index (χ1n) is 8.95. The fourth-order valence-electron chi connectivity index (χ4n) is 4.01. The molecule has 1 saturated heterocycles. The fourth-order valence-corrected chi connectivity index (χ4v) is 4.01. The average molecular weight is 358 g/mol. The monoisotopic (exact) mass is 358 g/mol. The molecule has 1 atom stereocenters. The van der Waals surface area contributed by atoms with E-state index in [2.05, 4.69) is 5.32 Å². The number of nitrogens with one attached hydrogen (secondary N) is 1. The van der Waals surface area contributed by atoms with Gasteiger partial charge in [0.15, 0.2) is 0 Å². The van der Waals surface area contributed by atoms with Gasteiger partial charge in [0.25, 0.3) is 0 Å². The third-order valence-corrected chi connectivity index (χ3v) is 5.18. The molecule has 3 aromatic rings. The molecular formula is C21H21F3N2. The van der Waals surface area contributed by atoms with Crippen LogP contribution in [0.5, 0.6) is 0 Å². The summed E-state index contributed by atoms with van der Waals surface area (Å²) < 4.78 is 40.3. The molecule has 1 fully saturated rings. The van der Waals surface area contributed by atoms with Gasteiger partial charge in [-0.05, 0) is 33.2 Å². The topological polar surface area (TPSA) is 15.3 Å². The third-order valence-electron chi connectivity index (χ3n) is 5.18. The molecule has 3 aromatic carbocycles. The van der Waals surface area contributed by atoms with Crippen molar-refractivity contribution in [2.24, 2.45) is 0 Å². The van der Waals surface area contributed by atoms with Crippen LogP contribution in [0.25, 0.3) is 21.5 Å². The van der Waals surface area contributed by atoms with Crippen LogP contribution in [0.15, 0.2) is 54.6 Å². The Morgan fingerprint density at radius 2 is 1.50 bits per heavy atom. The van der Waals surface area contributed by atoms with Gasteiger partial charge in [0, 0.05) is 32.2 Å². The predicted octanol–water partition coefficient (Wildman–Crippen LogP) is 4.89. The molecule has 0 aromatic heterocycles. The first-order valence-corrected chi connectivity index (χ1v) is 8.95. The first kappa shape index (κ1) is 17.3. The molecule has 1 aliphatic rings. The van der Waals surface area contributed by atoms with Crippen molar-refractivity contribution in [1.29, 1.82) is 0 Å². The van der Waals surface area contributed by atoms with Gasteiger partial charge in [-0.15, -0.1) is 0 Å².